The van der Waals surface area contributed by atoms with Gasteiger partial charge in [-0.15, -0.1) is 0 Å². The van der Waals surface area contributed by atoms with E-state index in [2.05, 4.69) is 4.98 Å². The fourth-order valence-corrected chi connectivity index (χ4v) is 4.24. The number of aromatic nitrogens is 2. The van der Waals surface area contributed by atoms with Crippen LogP contribution < -0.4 is 26.8 Å². The average molecular weight is 506 g/mol. The second-order valence-corrected chi connectivity index (χ2v) is 8.99. The molecule has 0 saturated heterocycles. The van der Waals surface area contributed by atoms with Gasteiger partial charge >= 0.3 is 5.69 Å². The lowest BCUT2D eigenvalue weighted by Crippen LogP contribution is -2.43. The number of amides is 3. The first-order valence-electron chi connectivity index (χ1n) is 11.7. The third kappa shape index (κ3) is 4.68. The number of benzene rings is 2. The van der Waals surface area contributed by atoms with Gasteiger partial charge in [0.15, 0.2) is 5.69 Å². The van der Waals surface area contributed by atoms with Gasteiger partial charge in [0.2, 0.25) is 0 Å². The van der Waals surface area contributed by atoms with Gasteiger partial charge < -0.3 is 10.5 Å². The van der Waals surface area contributed by atoms with Crippen LogP contribution in [0.2, 0.25) is 0 Å². The van der Waals surface area contributed by atoms with Crippen molar-refractivity contribution in [2.45, 2.75) is 20.4 Å². The standard InChI is InChI=1S/C26H27N5O6/c1-15(2)14-30-21(27)20(22(32)28-26(30)36)29(11-12-37-3)23(33)16-7-6-8-17(13-16)31-24(34)18-9-4-5-10-19(18)25(31)35/h4-10,13,15H,11-12,14,27H2,1-3H3,(H,28,32,36). The van der Waals surface area contributed by atoms with Crippen LogP contribution in [0.3, 0.4) is 0 Å². The van der Waals surface area contributed by atoms with Gasteiger partial charge in [-0.1, -0.05) is 32.0 Å². The van der Waals surface area contributed by atoms with Crippen molar-refractivity contribution in [3.05, 3.63) is 86.1 Å². The van der Waals surface area contributed by atoms with Crippen molar-refractivity contribution in [2.24, 2.45) is 5.92 Å². The van der Waals surface area contributed by atoms with Crippen LogP contribution >= 0.6 is 0 Å². The van der Waals surface area contributed by atoms with Crippen molar-refractivity contribution in [1.82, 2.24) is 9.55 Å². The number of hydrogen-bond donors (Lipinski definition) is 2. The zero-order valence-corrected chi connectivity index (χ0v) is 20.7. The molecule has 0 spiro atoms. The van der Waals surface area contributed by atoms with E-state index in [1.165, 1.54) is 29.9 Å². The van der Waals surface area contributed by atoms with Crippen molar-refractivity contribution >= 4 is 34.9 Å². The highest BCUT2D eigenvalue weighted by atomic mass is 16.5. The largest absolute Gasteiger partial charge is 0.383 e. The number of hydrogen-bond acceptors (Lipinski definition) is 7. The quantitative estimate of drug-likeness (QED) is 0.444. The molecule has 3 aromatic rings. The summed E-state index contributed by atoms with van der Waals surface area (Å²) in [6, 6.07) is 12.5. The number of nitrogens with zero attached hydrogens (tertiary/aromatic N) is 3. The summed E-state index contributed by atoms with van der Waals surface area (Å²) in [5.74, 6) is -1.73. The topological polar surface area (TPSA) is 148 Å². The van der Waals surface area contributed by atoms with E-state index in [-0.39, 0.29) is 59.5 Å². The van der Waals surface area contributed by atoms with E-state index >= 15 is 0 Å². The molecule has 4 rings (SSSR count). The summed E-state index contributed by atoms with van der Waals surface area (Å²) < 4.78 is 6.35. The Morgan fingerprint density at radius 1 is 1.03 bits per heavy atom. The van der Waals surface area contributed by atoms with Crippen LogP contribution in [0.1, 0.15) is 44.9 Å². The zero-order valence-electron chi connectivity index (χ0n) is 20.7. The Labute approximate surface area is 212 Å². The Morgan fingerprint density at radius 2 is 1.68 bits per heavy atom. The minimum Gasteiger partial charge on any atom is -0.383 e. The number of fused-ring (bicyclic) bond motifs is 1. The van der Waals surface area contributed by atoms with Gasteiger partial charge in [0.1, 0.15) is 5.82 Å². The van der Waals surface area contributed by atoms with Crippen LogP contribution in [0.5, 0.6) is 0 Å². The number of nitrogens with two attached hydrogens (primary N) is 1. The molecule has 0 unspecified atom stereocenters. The first-order chi connectivity index (χ1) is 17.6. The van der Waals surface area contributed by atoms with Crippen molar-refractivity contribution in [2.75, 3.05) is 35.8 Å². The lowest BCUT2D eigenvalue weighted by molar-refractivity contribution is 0.0922. The summed E-state index contributed by atoms with van der Waals surface area (Å²) in [4.78, 5) is 69.2. The maximum Gasteiger partial charge on any atom is 0.330 e. The molecule has 0 aliphatic carbocycles. The minimum absolute atomic E-state index is 0.0400. The number of carbonyl (C=O) groups excluding carboxylic acids is 3. The molecule has 0 saturated carbocycles. The van der Waals surface area contributed by atoms with E-state index in [1.807, 2.05) is 13.8 Å². The van der Waals surface area contributed by atoms with E-state index in [9.17, 15) is 24.0 Å². The predicted octanol–water partition coefficient (Wildman–Crippen LogP) is 1.87. The molecule has 0 atom stereocenters. The van der Waals surface area contributed by atoms with Crippen LogP contribution in [0.4, 0.5) is 17.2 Å². The number of carbonyl (C=O) groups is 3. The number of aromatic amines is 1. The third-order valence-corrected chi connectivity index (χ3v) is 5.94. The van der Waals surface area contributed by atoms with Crippen molar-refractivity contribution in [3.63, 3.8) is 0 Å². The Morgan fingerprint density at radius 3 is 2.27 bits per heavy atom. The number of H-pyrrole nitrogens is 1. The van der Waals surface area contributed by atoms with Crippen molar-refractivity contribution in [1.29, 1.82) is 0 Å². The van der Waals surface area contributed by atoms with Crippen LogP contribution in [-0.2, 0) is 11.3 Å². The number of imide groups is 1. The van der Waals surface area contributed by atoms with Gasteiger partial charge in [-0.2, -0.15) is 0 Å². The van der Waals surface area contributed by atoms with Crippen molar-refractivity contribution < 1.29 is 19.1 Å². The molecule has 1 aromatic heterocycles. The molecule has 0 radical (unpaired) electrons. The molecular weight excluding hydrogens is 478 g/mol. The number of rotatable bonds is 8. The van der Waals surface area contributed by atoms with Crippen molar-refractivity contribution in [3.8, 4) is 0 Å². The molecule has 3 amide bonds. The molecular formula is C26H27N5O6. The Balaban J connectivity index is 1.76. The van der Waals surface area contributed by atoms with Gasteiger partial charge in [0.05, 0.1) is 23.4 Å². The maximum atomic E-state index is 13.7. The van der Waals surface area contributed by atoms with Gasteiger partial charge in [-0.25, -0.2) is 9.69 Å². The summed E-state index contributed by atoms with van der Waals surface area (Å²) in [5, 5.41) is 0. The van der Waals surface area contributed by atoms with Gasteiger partial charge in [0, 0.05) is 25.8 Å². The Bertz CT molecular complexity index is 1470. The smallest absolute Gasteiger partial charge is 0.330 e. The number of nitrogen functional groups attached to an aromatic ring is 1. The summed E-state index contributed by atoms with van der Waals surface area (Å²) in [7, 11) is 1.44. The van der Waals surface area contributed by atoms with E-state index in [0.717, 1.165) is 9.80 Å². The fourth-order valence-electron chi connectivity index (χ4n) is 4.24. The highest BCUT2D eigenvalue weighted by Crippen LogP contribution is 2.29. The monoisotopic (exact) mass is 505 g/mol. The van der Waals surface area contributed by atoms with E-state index < -0.39 is 29.0 Å². The van der Waals surface area contributed by atoms with Crippen LogP contribution in [-0.4, -0.2) is 47.5 Å². The van der Waals surface area contributed by atoms with Gasteiger partial charge in [0.25, 0.3) is 23.3 Å². The number of nitrogens with one attached hydrogen (secondary N) is 1. The van der Waals surface area contributed by atoms with Gasteiger partial charge in [-0.3, -0.25) is 33.6 Å². The molecule has 37 heavy (non-hydrogen) atoms. The summed E-state index contributed by atoms with van der Waals surface area (Å²) >= 11 is 0. The summed E-state index contributed by atoms with van der Waals surface area (Å²) in [6.45, 7) is 4.03. The first kappa shape index (κ1) is 25.6. The lowest BCUT2D eigenvalue weighted by atomic mass is 10.1. The molecule has 1 aliphatic heterocycles. The first-order valence-corrected chi connectivity index (χ1v) is 11.7. The molecule has 2 aromatic carbocycles. The normalized spacial score (nSPS) is 12.8. The zero-order chi connectivity index (χ0) is 26.9. The number of anilines is 3. The lowest BCUT2D eigenvalue weighted by Gasteiger charge is -2.25. The molecule has 2 heterocycles. The fraction of sp³-hybridized carbons (Fsp3) is 0.269. The van der Waals surface area contributed by atoms with Gasteiger partial charge in [-0.05, 0) is 36.2 Å². The summed E-state index contributed by atoms with van der Waals surface area (Å²) in [5.41, 5.74) is 5.43. The number of ether oxygens (including phenoxy) is 1. The highest BCUT2D eigenvalue weighted by molar-refractivity contribution is 6.34. The number of methoxy groups -OCH3 is 1. The molecule has 0 bridgehead atoms. The van der Waals surface area contributed by atoms with Crippen LogP contribution in [0, 0.1) is 5.92 Å². The second kappa shape index (κ2) is 10.2. The molecule has 1 aliphatic rings. The van der Waals surface area contributed by atoms with Crippen LogP contribution in [0.25, 0.3) is 0 Å². The van der Waals surface area contributed by atoms with Crippen LogP contribution in [0.15, 0.2) is 58.1 Å². The molecule has 11 nitrogen and oxygen atoms in total. The minimum atomic E-state index is -0.816. The van der Waals surface area contributed by atoms with E-state index in [1.54, 1.807) is 30.3 Å². The SMILES string of the molecule is COCCN(C(=O)c1cccc(N2C(=O)c3ccccc3C2=O)c1)c1c(N)n(CC(C)C)c(=O)[nH]c1=O. The Hall–Kier alpha value is -4.51. The molecule has 192 valence electrons. The maximum absolute atomic E-state index is 13.7. The molecule has 11 heteroatoms. The van der Waals surface area contributed by atoms with E-state index in [4.69, 9.17) is 10.5 Å². The second-order valence-electron chi connectivity index (χ2n) is 8.99. The molecule has 3 N–H and O–H groups in total. The molecule has 0 fully saturated rings. The highest BCUT2D eigenvalue weighted by Gasteiger charge is 2.36. The van der Waals surface area contributed by atoms with E-state index in [0.29, 0.717) is 0 Å². The average Bonchev–Trinajstić information content (AvgIpc) is 3.13. The Kier molecular flexibility index (Phi) is 7.07. The summed E-state index contributed by atoms with van der Waals surface area (Å²) in [6.07, 6.45) is 0. The third-order valence-electron chi connectivity index (χ3n) is 5.94. The predicted molar refractivity (Wildman–Crippen MR) is 138 cm³/mol.